The first kappa shape index (κ1) is 18.9. The van der Waals surface area contributed by atoms with Crippen LogP contribution in [0.5, 0.6) is 0 Å². The monoisotopic (exact) mass is 353 g/mol. The van der Waals surface area contributed by atoms with E-state index in [0.717, 1.165) is 25.7 Å². The number of rotatable bonds is 6. The fraction of sp³-hybridized carbons (Fsp3) is 0.588. The van der Waals surface area contributed by atoms with Crippen LogP contribution in [0.25, 0.3) is 0 Å². The van der Waals surface area contributed by atoms with Crippen LogP contribution in [-0.4, -0.2) is 37.3 Å². The molecule has 0 aliphatic carbocycles. The van der Waals surface area contributed by atoms with Crippen molar-refractivity contribution in [2.75, 3.05) is 18.4 Å². The van der Waals surface area contributed by atoms with Crippen LogP contribution in [0.15, 0.2) is 29.2 Å². The van der Waals surface area contributed by atoms with Crippen LogP contribution in [-0.2, 0) is 14.8 Å². The summed E-state index contributed by atoms with van der Waals surface area (Å²) in [5, 5.41) is 2.74. The van der Waals surface area contributed by atoms with Crippen molar-refractivity contribution < 1.29 is 13.2 Å². The minimum Gasteiger partial charge on any atom is -0.324 e. The minimum atomic E-state index is -3.52. The summed E-state index contributed by atoms with van der Waals surface area (Å²) < 4.78 is 26.9. The molecule has 1 saturated heterocycles. The molecule has 1 unspecified atom stereocenters. The molecule has 3 N–H and O–H groups in total. The molecule has 1 fully saturated rings. The molecular weight excluding hydrogens is 326 g/mol. The Morgan fingerprint density at radius 1 is 1.29 bits per heavy atom. The highest BCUT2D eigenvalue weighted by Gasteiger charge is 2.29. The van der Waals surface area contributed by atoms with Gasteiger partial charge in [-0.2, -0.15) is 4.31 Å². The second-order valence-electron chi connectivity index (χ2n) is 6.61. The highest BCUT2D eigenvalue weighted by molar-refractivity contribution is 7.89. The van der Waals surface area contributed by atoms with Gasteiger partial charge in [0.05, 0.1) is 10.4 Å². The quantitative estimate of drug-likeness (QED) is 0.821. The number of nitrogens with two attached hydrogens (primary N) is 1. The van der Waals surface area contributed by atoms with Gasteiger partial charge in [0.25, 0.3) is 0 Å². The second kappa shape index (κ2) is 7.63. The van der Waals surface area contributed by atoms with Gasteiger partial charge in [-0.25, -0.2) is 8.42 Å². The summed E-state index contributed by atoms with van der Waals surface area (Å²) in [6.07, 6.45) is 4.19. The van der Waals surface area contributed by atoms with Crippen molar-refractivity contribution >= 4 is 21.6 Å². The van der Waals surface area contributed by atoms with Crippen molar-refractivity contribution in [2.24, 2.45) is 5.73 Å². The Kier molecular flexibility index (Phi) is 6.01. The van der Waals surface area contributed by atoms with Gasteiger partial charge < -0.3 is 11.1 Å². The number of hydrogen-bond acceptors (Lipinski definition) is 4. The number of amides is 1. The van der Waals surface area contributed by atoms with Crippen molar-refractivity contribution in [3.8, 4) is 0 Å². The van der Waals surface area contributed by atoms with Crippen molar-refractivity contribution in [1.82, 2.24) is 4.31 Å². The van der Waals surface area contributed by atoms with E-state index in [9.17, 15) is 13.2 Å². The van der Waals surface area contributed by atoms with E-state index in [1.54, 1.807) is 25.1 Å². The Morgan fingerprint density at radius 2 is 1.96 bits per heavy atom. The van der Waals surface area contributed by atoms with E-state index in [-0.39, 0.29) is 10.8 Å². The SMILES string of the molecule is CCCC(C)(N)C(=O)Nc1cccc(S(=O)(=O)N2CCCCC2)c1. The van der Waals surface area contributed by atoms with E-state index in [4.69, 9.17) is 5.73 Å². The summed E-state index contributed by atoms with van der Waals surface area (Å²) in [6, 6.07) is 6.38. The van der Waals surface area contributed by atoms with E-state index >= 15 is 0 Å². The number of nitrogens with one attached hydrogen (secondary N) is 1. The van der Waals surface area contributed by atoms with E-state index in [2.05, 4.69) is 5.32 Å². The Morgan fingerprint density at radius 3 is 2.58 bits per heavy atom. The fourth-order valence-electron chi connectivity index (χ4n) is 2.90. The molecule has 1 heterocycles. The Labute approximate surface area is 144 Å². The molecule has 1 atom stereocenters. The fourth-order valence-corrected chi connectivity index (χ4v) is 4.46. The number of carbonyl (C=O) groups excluding carboxylic acids is 1. The topological polar surface area (TPSA) is 92.5 Å². The van der Waals surface area contributed by atoms with Crippen LogP contribution < -0.4 is 11.1 Å². The van der Waals surface area contributed by atoms with Gasteiger partial charge in [-0.05, 0) is 44.4 Å². The van der Waals surface area contributed by atoms with Gasteiger partial charge in [-0.3, -0.25) is 4.79 Å². The largest absolute Gasteiger partial charge is 0.324 e. The molecule has 2 rings (SSSR count). The van der Waals surface area contributed by atoms with Gasteiger partial charge in [0.2, 0.25) is 15.9 Å². The lowest BCUT2D eigenvalue weighted by Crippen LogP contribution is -2.48. The number of sulfonamides is 1. The standard InChI is InChI=1S/C17H27N3O3S/c1-3-10-17(2,18)16(21)19-14-8-7-9-15(13-14)24(22,23)20-11-5-4-6-12-20/h7-9,13H,3-6,10-12,18H2,1-2H3,(H,19,21). The number of hydrogen-bond donors (Lipinski definition) is 2. The molecule has 1 aromatic rings. The molecule has 134 valence electrons. The Bertz CT molecular complexity index is 680. The molecule has 1 aliphatic heterocycles. The van der Waals surface area contributed by atoms with Crippen LogP contribution in [0.1, 0.15) is 46.0 Å². The number of carbonyl (C=O) groups is 1. The zero-order valence-electron chi connectivity index (χ0n) is 14.4. The lowest BCUT2D eigenvalue weighted by atomic mass is 9.96. The summed E-state index contributed by atoms with van der Waals surface area (Å²) in [5.41, 5.74) is 5.50. The van der Waals surface area contributed by atoms with Gasteiger partial charge in [-0.15, -0.1) is 0 Å². The zero-order valence-corrected chi connectivity index (χ0v) is 15.2. The van der Waals surface area contributed by atoms with E-state index < -0.39 is 15.6 Å². The third-order valence-electron chi connectivity index (χ3n) is 4.33. The van der Waals surface area contributed by atoms with Crippen LogP contribution in [0, 0.1) is 0 Å². The molecule has 6 nitrogen and oxygen atoms in total. The molecular formula is C17H27N3O3S. The van der Waals surface area contributed by atoms with Crippen LogP contribution in [0.2, 0.25) is 0 Å². The predicted octanol–water partition coefficient (Wildman–Crippen LogP) is 2.32. The number of benzene rings is 1. The molecule has 1 amide bonds. The summed E-state index contributed by atoms with van der Waals surface area (Å²) in [4.78, 5) is 12.5. The maximum Gasteiger partial charge on any atom is 0.244 e. The molecule has 24 heavy (non-hydrogen) atoms. The first-order valence-corrected chi connectivity index (χ1v) is 9.92. The van der Waals surface area contributed by atoms with Crippen molar-refractivity contribution in [3.63, 3.8) is 0 Å². The van der Waals surface area contributed by atoms with Gasteiger partial charge >= 0.3 is 0 Å². The molecule has 1 aliphatic rings. The minimum absolute atomic E-state index is 0.205. The highest BCUT2D eigenvalue weighted by atomic mass is 32.2. The van der Waals surface area contributed by atoms with Crippen molar-refractivity contribution in [3.05, 3.63) is 24.3 Å². The van der Waals surface area contributed by atoms with E-state index in [1.807, 2.05) is 6.92 Å². The van der Waals surface area contributed by atoms with Gasteiger partial charge in [0.15, 0.2) is 0 Å². The lowest BCUT2D eigenvalue weighted by molar-refractivity contribution is -0.120. The summed E-state index contributed by atoms with van der Waals surface area (Å²) in [6.45, 7) is 4.75. The molecule has 0 spiro atoms. The average Bonchev–Trinajstić information content (AvgIpc) is 2.56. The highest BCUT2D eigenvalue weighted by Crippen LogP contribution is 2.23. The normalized spacial score (nSPS) is 18.8. The molecule has 0 aromatic heterocycles. The van der Waals surface area contributed by atoms with E-state index in [0.29, 0.717) is 25.2 Å². The maximum absolute atomic E-state index is 12.7. The predicted molar refractivity (Wildman–Crippen MR) is 95.2 cm³/mol. The third-order valence-corrected chi connectivity index (χ3v) is 6.23. The molecule has 0 saturated carbocycles. The summed E-state index contributed by atoms with van der Waals surface area (Å²) in [7, 11) is -3.52. The van der Waals surface area contributed by atoms with Crippen molar-refractivity contribution in [2.45, 2.75) is 56.4 Å². The van der Waals surface area contributed by atoms with Crippen molar-refractivity contribution in [1.29, 1.82) is 0 Å². The Hall–Kier alpha value is -1.44. The van der Waals surface area contributed by atoms with Crippen LogP contribution >= 0.6 is 0 Å². The van der Waals surface area contributed by atoms with Gasteiger partial charge in [0.1, 0.15) is 0 Å². The Balaban J connectivity index is 2.18. The van der Waals surface area contributed by atoms with Crippen LogP contribution in [0.3, 0.4) is 0 Å². The molecule has 0 radical (unpaired) electrons. The number of piperidine rings is 1. The van der Waals surface area contributed by atoms with Gasteiger partial charge in [0, 0.05) is 18.8 Å². The zero-order chi connectivity index (χ0) is 17.8. The van der Waals surface area contributed by atoms with Gasteiger partial charge in [-0.1, -0.05) is 25.8 Å². The first-order chi connectivity index (χ1) is 11.3. The first-order valence-electron chi connectivity index (χ1n) is 8.48. The lowest BCUT2D eigenvalue weighted by Gasteiger charge is -2.26. The maximum atomic E-state index is 12.7. The average molecular weight is 353 g/mol. The summed E-state index contributed by atoms with van der Waals surface area (Å²) >= 11 is 0. The smallest absolute Gasteiger partial charge is 0.244 e. The number of nitrogens with zero attached hydrogens (tertiary/aromatic N) is 1. The molecule has 7 heteroatoms. The van der Waals surface area contributed by atoms with Crippen LogP contribution in [0.4, 0.5) is 5.69 Å². The molecule has 1 aromatic carbocycles. The molecule has 0 bridgehead atoms. The van der Waals surface area contributed by atoms with E-state index in [1.165, 1.54) is 10.4 Å². The second-order valence-corrected chi connectivity index (χ2v) is 8.55. The summed E-state index contributed by atoms with van der Waals surface area (Å²) in [5.74, 6) is -0.308. The third kappa shape index (κ3) is 4.34. The number of anilines is 1.